The van der Waals surface area contributed by atoms with Crippen LogP contribution in [0.4, 0.5) is 8.78 Å². The number of esters is 2. The van der Waals surface area contributed by atoms with Crippen molar-refractivity contribution in [3.8, 4) is 5.75 Å². The molecule has 0 aliphatic carbocycles. The van der Waals surface area contributed by atoms with Gasteiger partial charge in [0.2, 0.25) is 0 Å². The van der Waals surface area contributed by atoms with E-state index in [1.165, 1.54) is 63.4 Å². The summed E-state index contributed by atoms with van der Waals surface area (Å²) in [7, 11) is 1.22. The molecule has 0 fully saturated rings. The molecule has 0 heterocycles. The van der Waals surface area contributed by atoms with E-state index in [4.69, 9.17) is 9.47 Å². The second kappa shape index (κ2) is 9.12. The summed E-state index contributed by atoms with van der Waals surface area (Å²) in [5.74, 6) is -4.26. The second-order valence-electron chi connectivity index (χ2n) is 7.35. The molecule has 0 saturated heterocycles. The zero-order valence-electron chi connectivity index (χ0n) is 17.3. The molecule has 162 valence electrons. The van der Waals surface area contributed by atoms with Crippen LogP contribution in [0.5, 0.6) is 5.75 Å². The summed E-state index contributed by atoms with van der Waals surface area (Å²) in [5.41, 5.74) is -1.69. The number of hydrogen-bond donors (Lipinski definition) is 0. The Kier molecular flexibility index (Phi) is 7.23. The highest BCUT2D eigenvalue weighted by Gasteiger charge is 2.36. The first kappa shape index (κ1) is 23.8. The van der Waals surface area contributed by atoms with E-state index in [2.05, 4.69) is 20.7 Å². The third-order valence-electron chi connectivity index (χ3n) is 4.16. The molecule has 2 aromatic rings. The van der Waals surface area contributed by atoms with Gasteiger partial charge in [-0.3, -0.25) is 0 Å². The average molecular weight is 485 g/mol. The molecule has 0 aliphatic rings. The Morgan fingerprint density at radius 3 is 2.07 bits per heavy atom. The average Bonchev–Trinajstić information content (AvgIpc) is 2.68. The van der Waals surface area contributed by atoms with Gasteiger partial charge >= 0.3 is 11.9 Å². The molecule has 0 aliphatic heterocycles. The Morgan fingerprint density at radius 1 is 1.00 bits per heavy atom. The number of carbonyl (C=O) groups is 2. The minimum atomic E-state index is -3.32. The molecule has 0 spiro atoms. The molecule has 0 bridgehead atoms. The Labute approximate surface area is 182 Å². The largest absolute Gasteiger partial charge is 0.475 e. The van der Waals surface area contributed by atoms with Crippen LogP contribution in [0, 0.1) is 0 Å². The monoisotopic (exact) mass is 484 g/mol. The van der Waals surface area contributed by atoms with Crippen molar-refractivity contribution in [2.24, 2.45) is 0 Å². The van der Waals surface area contributed by atoms with E-state index in [-0.39, 0.29) is 33.0 Å². The highest BCUT2D eigenvalue weighted by atomic mass is 79.9. The first-order valence-corrected chi connectivity index (χ1v) is 9.94. The predicted octanol–water partition coefficient (Wildman–Crippen LogP) is 5.48. The molecule has 30 heavy (non-hydrogen) atoms. The van der Waals surface area contributed by atoms with E-state index in [1.807, 2.05) is 0 Å². The normalized spacial score (nSPS) is 11.9. The van der Waals surface area contributed by atoms with Crippen molar-refractivity contribution in [1.82, 2.24) is 0 Å². The molecular weight excluding hydrogens is 462 g/mol. The van der Waals surface area contributed by atoms with Crippen molar-refractivity contribution in [3.63, 3.8) is 0 Å². The molecule has 0 unspecified atom stereocenters. The standard InChI is InChI=1S/C22H23BrF2O5/c1-13(2)29-20(27)21(3,4)30-18-11-10-16(12-17(18)23)22(24,25)15-8-6-14(7-9-15)19(26)28-5/h6-13H,1-5H3. The number of hydrogen-bond acceptors (Lipinski definition) is 5. The predicted molar refractivity (Wildman–Crippen MR) is 111 cm³/mol. The lowest BCUT2D eigenvalue weighted by molar-refractivity contribution is -0.163. The number of ether oxygens (including phenoxy) is 3. The fourth-order valence-corrected chi connectivity index (χ4v) is 3.01. The van der Waals surface area contributed by atoms with Gasteiger partial charge in [-0.05, 0) is 74.0 Å². The summed E-state index contributed by atoms with van der Waals surface area (Å²) in [5, 5.41) is 0. The molecular formula is C22H23BrF2O5. The lowest BCUT2D eigenvalue weighted by atomic mass is 9.99. The van der Waals surface area contributed by atoms with Crippen LogP contribution in [0.1, 0.15) is 49.2 Å². The zero-order chi connectivity index (χ0) is 22.7. The summed E-state index contributed by atoms with van der Waals surface area (Å²) >= 11 is 3.23. The van der Waals surface area contributed by atoms with Crippen molar-refractivity contribution in [2.75, 3.05) is 7.11 Å². The van der Waals surface area contributed by atoms with Gasteiger partial charge in [0.1, 0.15) is 5.75 Å². The molecule has 0 amide bonds. The van der Waals surface area contributed by atoms with Crippen molar-refractivity contribution in [3.05, 3.63) is 63.6 Å². The molecule has 2 aromatic carbocycles. The van der Waals surface area contributed by atoms with Crippen LogP contribution in [-0.4, -0.2) is 30.8 Å². The van der Waals surface area contributed by atoms with E-state index < -0.39 is 23.5 Å². The molecule has 0 N–H and O–H groups in total. The molecule has 0 saturated carbocycles. The number of methoxy groups -OCH3 is 1. The Bertz CT molecular complexity index is 924. The van der Waals surface area contributed by atoms with Crippen molar-refractivity contribution in [1.29, 1.82) is 0 Å². The third kappa shape index (κ3) is 5.36. The van der Waals surface area contributed by atoms with E-state index in [0.717, 1.165) is 0 Å². The maximum Gasteiger partial charge on any atom is 0.350 e. The highest BCUT2D eigenvalue weighted by Crippen LogP contribution is 2.39. The molecule has 5 nitrogen and oxygen atoms in total. The van der Waals surface area contributed by atoms with Gasteiger partial charge in [-0.1, -0.05) is 12.1 Å². The van der Waals surface area contributed by atoms with Crippen LogP contribution in [0.2, 0.25) is 0 Å². The number of alkyl halides is 2. The summed E-state index contributed by atoms with van der Waals surface area (Å²) in [4.78, 5) is 23.7. The molecule has 2 rings (SSSR count). The Morgan fingerprint density at radius 2 is 1.57 bits per heavy atom. The van der Waals surface area contributed by atoms with Gasteiger partial charge in [0, 0.05) is 11.1 Å². The van der Waals surface area contributed by atoms with Gasteiger partial charge < -0.3 is 14.2 Å². The summed E-state index contributed by atoms with van der Waals surface area (Å²) in [6, 6.07) is 8.73. The second-order valence-corrected chi connectivity index (χ2v) is 8.21. The molecule has 0 atom stereocenters. The lowest BCUT2D eigenvalue weighted by Crippen LogP contribution is -2.41. The van der Waals surface area contributed by atoms with Gasteiger partial charge in [-0.15, -0.1) is 0 Å². The smallest absolute Gasteiger partial charge is 0.350 e. The van der Waals surface area contributed by atoms with Crippen LogP contribution >= 0.6 is 15.9 Å². The maximum absolute atomic E-state index is 15.0. The lowest BCUT2D eigenvalue weighted by Gasteiger charge is -2.26. The van der Waals surface area contributed by atoms with Gasteiger partial charge in [0.25, 0.3) is 5.92 Å². The molecule has 0 radical (unpaired) electrons. The fraction of sp³-hybridized carbons (Fsp3) is 0.364. The Hall–Kier alpha value is -2.48. The minimum absolute atomic E-state index is 0.178. The van der Waals surface area contributed by atoms with E-state index in [0.29, 0.717) is 0 Å². The minimum Gasteiger partial charge on any atom is -0.475 e. The topological polar surface area (TPSA) is 61.8 Å². The van der Waals surface area contributed by atoms with E-state index in [9.17, 15) is 18.4 Å². The third-order valence-corrected chi connectivity index (χ3v) is 4.78. The number of rotatable bonds is 7. The quantitative estimate of drug-likeness (QED) is 0.486. The first-order valence-electron chi connectivity index (χ1n) is 9.15. The van der Waals surface area contributed by atoms with E-state index >= 15 is 0 Å². The van der Waals surface area contributed by atoms with Gasteiger partial charge in [0.05, 0.1) is 23.2 Å². The summed E-state index contributed by atoms with van der Waals surface area (Å²) < 4.78 is 45.6. The van der Waals surface area contributed by atoms with E-state index in [1.54, 1.807) is 13.8 Å². The highest BCUT2D eigenvalue weighted by molar-refractivity contribution is 9.10. The van der Waals surface area contributed by atoms with Gasteiger partial charge in [-0.2, -0.15) is 8.78 Å². The van der Waals surface area contributed by atoms with Crippen LogP contribution in [0.25, 0.3) is 0 Å². The number of halogens is 3. The van der Waals surface area contributed by atoms with Crippen LogP contribution in [0.15, 0.2) is 46.9 Å². The van der Waals surface area contributed by atoms with Crippen molar-refractivity contribution >= 4 is 27.9 Å². The summed E-state index contributed by atoms with van der Waals surface area (Å²) in [6.07, 6.45) is -0.310. The fourth-order valence-electron chi connectivity index (χ4n) is 2.55. The van der Waals surface area contributed by atoms with Gasteiger partial charge in [-0.25, -0.2) is 9.59 Å². The molecule has 0 aromatic heterocycles. The van der Waals surface area contributed by atoms with Gasteiger partial charge in [0.15, 0.2) is 5.60 Å². The summed E-state index contributed by atoms with van der Waals surface area (Å²) in [6.45, 7) is 6.52. The van der Waals surface area contributed by atoms with Crippen LogP contribution < -0.4 is 4.74 Å². The number of carbonyl (C=O) groups excluding carboxylic acids is 2. The SMILES string of the molecule is COC(=O)c1ccc(C(F)(F)c2ccc(OC(C)(C)C(=O)OC(C)C)c(Br)c2)cc1. The van der Waals surface area contributed by atoms with Crippen molar-refractivity contribution < 1.29 is 32.6 Å². The van der Waals surface area contributed by atoms with Crippen LogP contribution in [0.3, 0.4) is 0 Å². The first-order chi connectivity index (χ1) is 13.9. The zero-order valence-corrected chi connectivity index (χ0v) is 18.9. The van der Waals surface area contributed by atoms with Crippen molar-refractivity contribution in [2.45, 2.75) is 45.3 Å². The number of benzene rings is 2. The van der Waals surface area contributed by atoms with Crippen LogP contribution in [-0.2, 0) is 20.2 Å². The molecule has 8 heteroatoms. The maximum atomic E-state index is 15.0. The Balaban J connectivity index is 2.27.